The van der Waals surface area contributed by atoms with Crippen LogP contribution in [0.1, 0.15) is 26.1 Å². The molecule has 1 N–H and O–H groups in total. The number of rotatable bonds is 6. The monoisotopic (exact) mass is 289 g/mol. The summed E-state index contributed by atoms with van der Waals surface area (Å²) in [6, 6.07) is 6.69. The molecule has 0 unspecified atom stereocenters. The van der Waals surface area contributed by atoms with E-state index in [-0.39, 0.29) is 5.75 Å². The molecule has 0 aliphatic heterocycles. The number of aromatic nitrogens is 2. The molecule has 0 spiro atoms. The zero-order valence-electron chi connectivity index (χ0n) is 12.6. The van der Waals surface area contributed by atoms with Crippen molar-refractivity contribution in [3.8, 4) is 17.0 Å². The van der Waals surface area contributed by atoms with Gasteiger partial charge in [-0.2, -0.15) is 0 Å². The van der Waals surface area contributed by atoms with Gasteiger partial charge >= 0.3 is 0 Å². The number of nitrogens with one attached hydrogen (secondary N) is 1. The van der Waals surface area contributed by atoms with E-state index in [4.69, 9.17) is 4.74 Å². The fraction of sp³-hybridized carbons (Fsp3) is 0.375. The van der Waals surface area contributed by atoms with E-state index in [2.05, 4.69) is 22.2 Å². The van der Waals surface area contributed by atoms with Gasteiger partial charge in [-0.1, -0.05) is 6.92 Å². The summed E-state index contributed by atoms with van der Waals surface area (Å²) in [5.41, 5.74) is 1.43. The van der Waals surface area contributed by atoms with E-state index in [1.807, 2.05) is 13.0 Å². The molecular formula is C16H20FN3O. The highest BCUT2D eigenvalue weighted by Crippen LogP contribution is 2.25. The fourth-order valence-corrected chi connectivity index (χ4v) is 2.08. The number of benzene rings is 1. The van der Waals surface area contributed by atoms with Crippen molar-refractivity contribution < 1.29 is 9.13 Å². The van der Waals surface area contributed by atoms with Crippen molar-refractivity contribution >= 4 is 5.82 Å². The van der Waals surface area contributed by atoms with Gasteiger partial charge in [0.05, 0.1) is 12.8 Å². The molecule has 0 fully saturated rings. The Labute approximate surface area is 124 Å². The topological polar surface area (TPSA) is 47.0 Å². The third kappa shape index (κ3) is 3.68. The number of hydrogen-bond donors (Lipinski definition) is 1. The Morgan fingerprint density at radius 1 is 1.19 bits per heavy atom. The van der Waals surface area contributed by atoms with E-state index in [0.29, 0.717) is 11.3 Å². The smallest absolute Gasteiger partial charge is 0.165 e. The van der Waals surface area contributed by atoms with E-state index < -0.39 is 5.82 Å². The molecular weight excluding hydrogens is 269 g/mol. The third-order valence-corrected chi connectivity index (χ3v) is 3.05. The first-order valence-electron chi connectivity index (χ1n) is 7.13. The van der Waals surface area contributed by atoms with Crippen LogP contribution in [0.25, 0.3) is 11.3 Å². The van der Waals surface area contributed by atoms with Gasteiger partial charge in [0.1, 0.15) is 11.6 Å². The van der Waals surface area contributed by atoms with Crippen LogP contribution in [0.2, 0.25) is 0 Å². The number of aryl methyl sites for hydroxylation is 1. The number of hydrogen-bond acceptors (Lipinski definition) is 4. The van der Waals surface area contributed by atoms with E-state index in [9.17, 15) is 4.39 Å². The predicted octanol–water partition coefficient (Wildman–Crippen LogP) is 3.68. The molecule has 0 aliphatic carbocycles. The first kappa shape index (κ1) is 15.2. The molecule has 0 radical (unpaired) electrons. The Hall–Kier alpha value is -2.17. The largest absolute Gasteiger partial charge is 0.494 e. The maximum Gasteiger partial charge on any atom is 0.165 e. The third-order valence-electron chi connectivity index (χ3n) is 3.05. The zero-order chi connectivity index (χ0) is 15.2. The van der Waals surface area contributed by atoms with Crippen LogP contribution in [0.5, 0.6) is 5.75 Å². The molecule has 5 heteroatoms. The van der Waals surface area contributed by atoms with Gasteiger partial charge in [-0.15, -0.1) is 0 Å². The van der Waals surface area contributed by atoms with Crippen LogP contribution in [0.4, 0.5) is 10.2 Å². The van der Waals surface area contributed by atoms with Crippen molar-refractivity contribution in [3.63, 3.8) is 0 Å². The van der Waals surface area contributed by atoms with Crippen molar-refractivity contribution in [1.82, 2.24) is 9.97 Å². The average molecular weight is 289 g/mol. The van der Waals surface area contributed by atoms with Crippen LogP contribution in [-0.2, 0) is 6.42 Å². The van der Waals surface area contributed by atoms with Crippen LogP contribution in [0.15, 0.2) is 24.3 Å². The summed E-state index contributed by atoms with van der Waals surface area (Å²) < 4.78 is 18.8. The summed E-state index contributed by atoms with van der Waals surface area (Å²) in [5, 5.41) is 3.18. The Morgan fingerprint density at radius 2 is 2.00 bits per heavy atom. The number of halogens is 1. The van der Waals surface area contributed by atoms with Gasteiger partial charge in [0.15, 0.2) is 11.6 Å². The van der Waals surface area contributed by atoms with Gasteiger partial charge in [-0.3, -0.25) is 0 Å². The fourth-order valence-electron chi connectivity index (χ4n) is 2.08. The van der Waals surface area contributed by atoms with Crippen LogP contribution in [-0.4, -0.2) is 23.6 Å². The quantitative estimate of drug-likeness (QED) is 0.881. The van der Waals surface area contributed by atoms with Gasteiger partial charge in [0.25, 0.3) is 0 Å². The van der Waals surface area contributed by atoms with Crippen molar-refractivity contribution in [2.75, 3.05) is 19.0 Å². The second-order valence-electron chi connectivity index (χ2n) is 4.68. The standard InChI is InChI=1S/C16H20FN3O/c1-4-6-15-19-13(10-16(20-15)18-5-2)11-7-8-14(21-3)12(17)9-11/h7-10H,4-6H2,1-3H3,(H,18,19,20). The molecule has 1 heterocycles. The predicted molar refractivity (Wildman–Crippen MR) is 82.1 cm³/mol. The summed E-state index contributed by atoms with van der Waals surface area (Å²) >= 11 is 0. The van der Waals surface area contributed by atoms with E-state index in [0.717, 1.165) is 31.0 Å². The first-order valence-corrected chi connectivity index (χ1v) is 7.13. The summed E-state index contributed by atoms with van der Waals surface area (Å²) in [6.45, 7) is 4.86. The molecule has 1 aromatic heterocycles. The summed E-state index contributed by atoms with van der Waals surface area (Å²) in [7, 11) is 1.45. The Bertz CT molecular complexity index is 592. The van der Waals surface area contributed by atoms with Gasteiger partial charge < -0.3 is 10.1 Å². The van der Waals surface area contributed by atoms with Crippen molar-refractivity contribution in [1.29, 1.82) is 0 Å². The number of ether oxygens (including phenoxy) is 1. The molecule has 112 valence electrons. The zero-order valence-corrected chi connectivity index (χ0v) is 12.6. The highest BCUT2D eigenvalue weighted by Gasteiger charge is 2.09. The molecule has 21 heavy (non-hydrogen) atoms. The second kappa shape index (κ2) is 7.02. The normalized spacial score (nSPS) is 10.5. The Balaban J connectivity index is 2.43. The van der Waals surface area contributed by atoms with Crippen molar-refractivity contribution in [2.45, 2.75) is 26.7 Å². The van der Waals surface area contributed by atoms with Crippen LogP contribution < -0.4 is 10.1 Å². The summed E-state index contributed by atoms with van der Waals surface area (Å²) in [5.74, 6) is 1.37. The lowest BCUT2D eigenvalue weighted by Crippen LogP contribution is -2.04. The number of anilines is 1. The van der Waals surface area contributed by atoms with Gasteiger partial charge in [0.2, 0.25) is 0 Å². The molecule has 2 rings (SSSR count). The maximum atomic E-state index is 13.8. The minimum absolute atomic E-state index is 0.230. The summed E-state index contributed by atoms with van der Waals surface area (Å²) in [4.78, 5) is 8.97. The lowest BCUT2D eigenvalue weighted by atomic mass is 10.1. The second-order valence-corrected chi connectivity index (χ2v) is 4.68. The number of methoxy groups -OCH3 is 1. The van der Waals surface area contributed by atoms with E-state index >= 15 is 0 Å². The first-order chi connectivity index (χ1) is 10.2. The van der Waals surface area contributed by atoms with E-state index in [1.54, 1.807) is 12.1 Å². The summed E-state index contributed by atoms with van der Waals surface area (Å²) in [6.07, 6.45) is 1.76. The minimum atomic E-state index is -0.393. The lowest BCUT2D eigenvalue weighted by molar-refractivity contribution is 0.386. The maximum absolute atomic E-state index is 13.8. The lowest BCUT2D eigenvalue weighted by Gasteiger charge is -2.10. The molecule has 0 aliphatic rings. The molecule has 0 saturated carbocycles. The molecule has 4 nitrogen and oxygen atoms in total. The molecule has 0 amide bonds. The van der Waals surface area contributed by atoms with Gasteiger partial charge in [-0.25, -0.2) is 14.4 Å². The van der Waals surface area contributed by atoms with Crippen molar-refractivity contribution in [2.24, 2.45) is 0 Å². The Kier molecular flexibility index (Phi) is 5.09. The molecule has 0 saturated heterocycles. The van der Waals surface area contributed by atoms with Gasteiger partial charge in [0, 0.05) is 24.6 Å². The SMILES string of the molecule is CCCc1nc(NCC)cc(-c2ccc(OC)c(F)c2)n1. The highest BCUT2D eigenvalue weighted by molar-refractivity contribution is 5.63. The highest BCUT2D eigenvalue weighted by atomic mass is 19.1. The van der Waals surface area contributed by atoms with Crippen LogP contribution in [0, 0.1) is 5.82 Å². The number of nitrogens with zero attached hydrogens (tertiary/aromatic N) is 2. The average Bonchev–Trinajstić information content (AvgIpc) is 2.47. The molecule has 0 atom stereocenters. The van der Waals surface area contributed by atoms with E-state index in [1.165, 1.54) is 13.2 Å². The van der Waals surface area contributed by atoms with Gasteiger partial charge in [-0.05, 0) is 31.5 Å². The molecule has 1 aromatic carbocycles. The molecule has 2 aromatic rings. The molecule has 0 bridgehead atoms. The Morgan fingerprint density at radius 3 is 2.62 bits per heavy atom. The van der Waals surface area contributed by atoms with Crippen molar-refractivity contribution in [3.05, 3.63) is 35.9 Å². The minimum Gasteiger partial charge on any atom is -0.494 e. The van der Waals surface area contributed by atoms with Crippen LogP contribution >= 0.6 is 0 Å². The van der Waals surface area contributed by atoms with Crippen LogP contribution in [0.3, 0.4) is 0 Å².